The molecule has 0 spiro atoms. The highest BCUT2D eigenvalue weighted by molar-refractivity contribution is 5.83. The monoisotopic (exact) mass is 344 g/mol. The van der Waals surface area contributed by atoms with E-state index in [2.05, 4.69) is 6.92 Å². The zero-order valence-corrected chi connectivity index (χ0v) is 14.4. The van der Waals surface area contributed by atoms with Crippen LogP contribution in [0.3, 0.4) is 0 Å². The fraction of sp³-hybridized carbons (Fsp3) is 0.364. The molecule has 0 amide bonds. The predicted octanol–water partition coefficient (Wildman–Crippen LogP) is 7.27. The van der Waals surface area contributed by atoms with Gasteiger partial charge in [0.05, 0.1) is 0 Å². The number of rotatable bonds is 4. The van der Waals surface area contributed by atoms with E-state index >= 15 is 0 Å². The SMILES string of the molecule is CCC1CCC(c2ccc(C(F)=C(F)c3ccc(F)cc3)cc2)CC1. The van der Waals surface area contributed by atoms with E-state index in [1.165, 1.54) is 49.8 Å². The molecule has 3 heteroatoms. The molecule has 0 aliphatic heterocycles. The summed E-state index contributed by atoms with van der Waals surface area (Å²) in [7, 11) is 0. The highest BCUT2D eigenvalue weighted by Gasteiger charge is 2.21. The molecule has 0 unspecified atom stereocenters. The lowest BCUT2D eigenvalue weighted by atomic mass is 9.78. The third kappa shape index (κ3) is 4.15. The van der Waals surface area contributed by atoms with Crippen molar-refractivity contribution in [2.45, 2.75) is 44.9 Å². The van der Waals surface area contributed by atoms with Gasteiger partial charge in [0.15, 0.2) is 11.7 Å². The van der Waals surface area contributed by atoms with Gasteiger partial charge in [-0.3, -0.25) is 0 Å². The minimum absolute atomic E-state index is 0.0425. The Morgan fingerprint density at radius 2 is 1.28 bits per heavy atom. The molecular weight excluding hydrogens is 321 g/mol. The molecule has 0 atom stereocenters. The molecule has 0 radical (unpaired) electrons. The topological polar surface area (TPSA) is 0 Å². The molecule has 132 valence electrons. The van der Waals surface area contributed by atoms with Gasteiger partial charge >= 0.3 is 0 Å². The van der Waals surface area contributed by atoms with Crippen molar-refractivity contribution < 1.29 is 13.2 Å². The van der Waals surface area contributed by atoms with Gasteiger partial charge in [0.1, 0.15) is 5.82 Å². The van der Waals surface area contributed by atoms with Gasteiger partial charge in [-0.2, -0.15) is 0 Å². The van der Waals surface area contributed by atoms with Crippen molar-refractivity contribution in [2.24, 2.45) is 5.92 Å². The number of hydrogen-bond acceptors (Lipinski definition) is 0. The smallest absolute Gasteiger partial charge is 0.166 e. The lowest BCUT2D eigenvalue weighted by Gasteiger charge is -2.28. The van der Waals surface area contributed by atoms with Gasteiger partial charge in [-0.25, -0.2) is 13.2 Å². The van der Waals surface area contributed by atoms with Crippen LogP contribution in [-0.4, -0.2) is 0 Å². The van der Waals surface area contributed by atoms with Crippen molar-refractivity contribution in [3.05, 3.63) is 71.0 Å². The van der Waals surface area contributed by atoms with E-state index in [9.17, 15) is 13.2 Å². The summed E-state index contributed by atoms with van der Waals surface area (Å²) < 4.78 is 41.6. The normalized spacial score (nSPS) is 21.8. The minimum atomic E-state index is -0.962. The highest BCUT2D eigenvalue weighted by Crippen LogP contribution is 2.37. The van der Waals surface area contributed by atoms with E-state index in [1.807, 2.05) is 12.1 Å². The van der Waals surface area contributed by atoms with Crippen LogP contribution in [0, 0.1) is 11.7 Å². The van der Waals surface area contributed by atoms with E-state index in [0.29, 0.717) is 5.92 Å². The second-order valence-electron chi connectivity index (χ2n) is 6.88. The maximum Gasteiger partial charge on any atom is 0.166 e. The first kappa shape index (κ1) is 17.8. The Bertz CT molecular complexity index is 721. The zero-order chi connectivity index (χ0) is 17.8. The molecular formula is C22H23F3. The summed E-state index contributed by atoms with van der Waals surface area (Å²) in [6.45, 7) is 2.24. The summed E-state index contributed by atoms with van der Waals surface area (Å²) in [6.07, 6.45) is 6.07. The van der Waals surface area contributed by atoms with Gasteiger partial charge in [0, 0.05) is 11.1 Å². The van der Waals surface area contributed by atoms with Crippen LogP contribution in [0.1, 0.15) is 61.6 Å². The molecule has 0 heterocycles. The average Bonchev–Trinajstić information content (AvgIpc) is 2.67. The molecule has 1 aliphatic rings. The standard InChI is InChI=1S/C22H23F3/c1-2-15-3-5-16(6-4-15)17-7-9-18(10-8-17)21(24)22(25)19-11-13-20(23)14-12-19/h7-16H,2-6H2,1H3. The van der Waals surface area contributed by atoms with Gasteiger partial charge in [0.2, 0.25) is 0 Å². The number of hydrogen-bond donors (Lipinski definition) is 0. The zero-order valence-electron chi connectivity index (χ0n) is 14.4. The van der Waals surface area contributed by atoms with Gasteiger partial charge in [-0.1, -0.05) is 37.6 Å². The van der Waals surface area contributed by atoms with Crippen LogP contribution < -0.4 is 0 Å². The van der Waals surface area contributed by atoms with Crippen LogP contribution in [0.25, 0.3) is 11.7 Å². The summed E-state index contributed by atoms with van der Waals surface area (Å²) in [5, 5.41) is 0. The summed E-state index contributed by atoms with van der Waals surface area (Å²) in [5.41, 5.74) is 1.46. The third-order valence-electron chi connectivity index (χ3n) is 5.35. The highest BCUT2D eigenvalue weighted by atomic mass is 19.2. The summed E-state index contributed by atoms with van der Waals surface area (Å²) in [6, 6.07) is 11.8. The van der Waals surface area contributed by atoms with Crippen molar-refractivity contribution in [1.82, 2.24) is 0 Å². The largest absolute Gasteiger partial charge is 0.207 e. The van der Waals surface area contributed by atoms with Crippen molar-refractivity contribution in [3.63, 3.8) is 0 Å². The molecule has 25 heavy (non-hydrogen) atoms. The van der Waals surface area contributed by atoms with Gasteiger partial charge in [0.25, 0.3) is 0 Å². The molecule has 1 saturated carbocycles. The Hall–Kier alpha value is -2.03. The van der Waals surface area contributed by atoms with E-state index in [4.69, 9.17) is 0 Å². The summed E-state index contributed by atoms with van der Waals surface area (Å²) in [4.78, 5) is 0. The average molecular weight is 344 g/mol. The molecule has 2 aromatic carbocycles. The Labute approximate surface area is 147 Å². The molecule has 3 rings (SSSR count). The van der Waals surface area contributed by atoms with Gasteiger partial charge < -0.3 is 0 Å². The van der Waals surface area contributed by atoms with E-state index in [-0.39, 0.29) is 11.1 Å². The van der Waals surface area contributed by atoms with Crippen LogP contribution in [0.4, 0.5) is 13.2 Å². The van der Waals surface area contributed by atoms with Gasteiger partial charge in [-0.05, 0) is 67.3 Å². The molecule has 1 aliphatic carbocycles. The Balaban J connectivity index is 1.75. The molecule has 2 aromatic rings. The Morgan fingerprint density at radius 1 is 0.800 bits per heavy atom. The molecule has 0 N–H and O–H groups in total. The lowest BCUT2D eigenvalue weighted by molar-refractivity contribution is 0.319. The van der Waals surface area contributed by atoms with Gasteiger partial charge in [-0.15, -0.1) is 0 Å². The van der Waals surface area contributed by atoms with Crippen LogP contribution in [0.2, 0.25) is 0 Å². The van der Waals surface area contributed by atoms with Crippen LogP contribution in [0.5, 0.6) is 0 Å². The van der Waals surface area contributed by atoms with Crippen molar-refractivity contribution in [2.75, 3.05) is 0 Å². The number of halogens is 3. The Kier molecular flexibility index (Phi) is 5.62. The second-order valence-corrected chi connectivity index (χ2v) is 6.88. The molecule has 0 aromatic heterocycles. The second kappa shape index (κ2) is 7.90. The lowest BCUT2D eigenvalue weighted by Crippen LogP contribution is -2.12. The first-order chi connectivity index (χ1) is 12.1. The maximum atomic E-state index is 14.4. The van der Waals surface area contributed by atoms with Crippen LogP contribution in [-0.2, 0) is 0 Å². The molecule has 0 saturated heterocycles. The van der Waals surface area contributed by atoms with E-state index in [1.54, 1.807) is 12.1 Å². The fourth-order valence-corrected chi connectivity index (χ4v) is 3.66. The summed E-state index contributed by atoms with van der Waals surface area (Å²) in [5.74, 6) is -0.991. The molecule has 1 fully saturated rings. The third-order valence-corrected chi connectivity index (χ3v) is 5.35. The maximum absolute atomic E-state index is 14.4. The van der Waals surface area contributed by atoms with Crippen molar-refractivity contribution in [3.8, 4) is 0 Å². The summed E-state index contributed by atoms with van der Waals surface area (Å²) >= 11 is 0. The van der Waals surface area contributed by atoms with Crippen molar-refractivity contribution in [1.29, 1.82) is 0 Å². The molecule has 0 nitrogen and oxygen atoms in total. The number of benzene rings is 2. The minimum Gasteiger partial charge on any atom is -0.207 e. The predicted molar refractivity (Wildman–Crippen MR) is 96.9 cm³/mol. The van der Waals surface area contributed by atoms with E-state index in [0.717, 1.165) is 18.1 Å². The fourth-order valence-electron chi connectivity index (χ4n) is 3.66. The van der Waals surface area contributed by atoms with Crippen molar-refractivity contribution >= 4 is 11.7 Å². The molecule has 0 bridgehead atoms. The van der Waals surface area contributed by atoms with Crippen LogP contribution in [0.15, 0.2) is 48.5 Å². The quantitative estimate of drug-likeness (QED) is 0.511. The first-order valence-corrected chi connectivity index (χ1v) is 9.00. The first-order valence-electron chi connectivity index (χ1n) is 9.00. The Morgan fingerprint density at radius 3 is 1.76 bits per heavy atom. The van der Waals surface area contributed by atoms with Crippen LogP contribution >= 0.6 is 0 Å². The van der Waals surface area contributed by atoms with E-state index < -0.39 is 17.5 Å².